The predicted molar refractivity (Wildman–Crippen MR) is 191 cm³/mol. The summed E-state index contributed by atoms with van der Waals surface area (Å²) < 4.78 is 1.05. The Hall–Kier alpha value is -3.38. The number of phenolic OH excluding ortho intramolecular Hbond substituents is 1. The van der Waals surface area contributed by atoms with Crippen molar-refractivity contribution < 1.29 is 14.7 Å². The van der Waals surface area contributed by atoms with E-state index in [0.717, 1.165) is 55.8 Å². The molecule has 4 heterocycles. The van der Waals surface area contributed by atoms with Gasteiger partial charge in [-0.25, -0.2) is 9.79 Å². The highest BCUT2D eigenvalue weighted by Gasteiger charge is 2.35. The number of rotatable bonds is 6. The molecule has 0 aromatic heterocycles. The number of carbonyl (C=O) groups excluding carboxylic acids is 2. The molecule has 3 amide bonds. The van der Waals surface area contributed by atoms with Crippen molar-refractivity contribution in [1.82, 2.24) is 29.8 Å². The van der Waals surface area contributed by atoms with Crippen LogP contribution in [0.2, 0.25) is 0 Å². The molecule has 0 saturated carbocycles. The number of nitriles is 1. The summed E-state index contributed by atoms with van der Waals surface area (Å²) in [7, 11) is 2.16. The van der Waals surface area contributed by atoms with Crippen LogP contribution in [0.5, 0.6) is 5.75 Å². The monoisotopic (exact) mass is 783 g/mol. The van der Waals surface area contributed by atoms with Crippen molar-refractivity contribution in [2.24, 2.45) is 4.99 Å². The standard InChI is InChI=1S/C34H43Br2N9O3/c1-41-14-16-42(17-15-41)25-6-10-43(11-7-25)32(47)30(20-23-18-27(35)31(46)28(36)19-23)39-33(38-22-37)44-12-8-26(9-13-44)45-21-24-4-2-3-5-29(24)40-34(45)48/h2-5,18-19,25-26,30,46H,6-17,20-21H2,1H3,(H,38,39)(H,40,48)/t30-/m1/s1. The largest absolute Gasteiger partial charge is 0.506 e. The average molecular weight is 786 g/mol. The zero-order valence-corrected chi connectivity index (χ0v) is 30.4. The van der Waals surface area contributed by atoms with Gasteiger partial charge < -0.3 is 30.0 Å². The molecule has 12 nitrogen and oxygen atoms in total. The molecule has 4 aliphatic rings. The quantitative estimate of drug-likeness (QED) is 0.174. The summed E-state index contributed by atoms with van der Waals surface area (Å²) in [5, 5.41) is 25.8. The van der Waals surface area contributed by atoms with Crippen LogP contribution in [0.3, 0.4) is 0 Å². The van der Waals surface area contributed by atoms with E-state index in [9.17, 15) is 20.0 Å². The molecule has 0 aliphatic carbocycles. The molecule has 2 aromatic rings. The molecule has 6 rings (SSSR count). The summed E-state index contributed by atoms with van der Waals surface area (Å²) in [6.45, 7) is 7.30. The van der Waals surface area contributed by atoms with Gasteiger partial charge in [-0.3, -0.25) is 15.0 Å². The number of nitrogens with one attached hydrogen (secondary N) is 2. The van der Waals surface area contributed by atoms with Crippen LogP contribution >= 0.6 is 31.9 Å². The molecule has 48 heavy (non-hydrogen) atoms. The Balaban J connectivity index is 1.17. The summed E-state index contributed by atoms with van der Waals surface area (Å²) in [6, 6.07) is 11.1. The number of amides is 3. The fourth-order valence-corrected chi connectivity index (χ4v) is 8.58. The number of phenols is 1. The number of likely N-dealkylation sites (N-methyl/N-ethyl adjacent to an activating group) is 1. The van der Waals surface area contributed by atoms with Crippen molar-refractivity contribution in [2.75, 3.05) is 64.7 Å². The van der Waals surface area contributed by atoms with Gasteiger partial charge in [-0.15, -0.1) is 0 Å². The number of fused-ring (bicyclic) bond motifs is 1. The highest BCUT2D eigenvalue weighted by Crippen LogP contribution is 2.34. The van der Waals surface area contributed by atoms with E-state index in [1.54, 1.807) is 12.1 Å². The van der Waals surface area contributed by atoms with E-state index in [4.69, 9.17) is 4.99 Å². The van der Waals surface area contributed by atoms with E-state index in [1.165, 1.54) is 0 Å². The number of hydrogen-bond acceptors (Lipinski definition) is 7. The molecule has 3 N–H and O–H groups in total. The number of aliphatic imine (C=N–C) groups is 1. The third kappa shape index (κ3) is 7.91. The van der Waals surface area contributed by atoms with E-state index in [1.807, 2.05) is 45.2 Å². The number of anilines is 1. The number of urea groups is 1. The zero-order chi connectivity index (χ0) is 33.8. The van der Waals surface area contributed by atoms with Gasteiger partial charge in [0.25, 0.3) is 0 Å². The van der Waals surface area contributed by atoms with Crippen molar-refractivity contribution in [1.29, 1.82) is 5.26 Å². The third-order valence-electron chi connectivity index (χ3n) is 10.1. The number of halogens is 2. The molecular formula is C34H43Br2N9O3. The Morgan fingerprint density at radius 3 is 2.29 bits per heavy atom. The van der Waals surface area contributed by atoms with Gasteiger partial charge in [0.1, 0.15) is 11.8 Å². The maximum Gasteiger partial charge on any atom is 0.322 e. The lowest BCUT2D eigenvalue weighted by Gasteiger charge is -2.42. The van der Waals surface area contributed by atoms with Crippen LogP contribution in [0.15, 0.2) is 50.3 Å². The topological polar surface area (TPSA) is 131 Å². The first-order valence-corrected chi connectivity index (χ1v) is 18.3. The summed E-state index contributed by atoms with van der Waals surface area (Å²) in [4.78, 5) is 42.9. The number of benzene rings is 2. The van der Waals surface area contributed by atoms with Crippen LogP contribution in [-0.2, 0) is 17.8 Å². The van der Waals surface area contributed by atoms with Gasteiger partial charge >= 0.3 is 6.03 Å². The summed E-state index contributed by atoms with van der Waals surface area (Å²) in [5.74, 6) is 0.395. The number of aromatic hydroxyl groups is 1. The minimum Gasteiger partial charge on any atom is -0.506 e. The number of nitrogens with zero attached hydrogens (tertiary/aromatic N) is 7. The Bertz CT molecular complexity index is 1540. The highest BCUT2D eigenvalue weighted by molar-refractivity contribution is 9.11. The second-order valence-electron chi connectivity index (χ2n) is 13.1. The van der Waals surface area contributed by atoms with Crippen LogP contribution in [-0.4, -0.2) is 125 Å². The molecule has 2 aromatic carbocycles. The van der Waals surface area contributed by atoms with Crippen LogP contribution in [0.25, 0.3) is 0 Å². The van der Waals surface area contributed by atoms with Gasteiger partial charge in [-0.2, -0.15) is 5.26 Å². The van der Waals surface area contributed by atoms with Crippen molar-refractivity contribution in [3.63, 3.8) is 0 Å². The van der Waals surface area contributed by atoms with Crippen molar-refractivity contribution >= 4 is 55.4 Å². The first-order valence-electron chi connectivity index (χ1n) is 16.7. The minimum atomic E-state index is -0.772. The molecule has 0 bridgehead atoms. The van der Waals surface area contributed by atoms with Crippen LogP contribution in [0.4, 0.5) is 10.5 Å². The van der Waals surface area contributed by atoms with E-state index >= 15 is 0 Å². The second kappa shape index (κ2) is 15.4. The fraction of sp³-hybridized carbons (Fsp3) is 0.529. The average Bonchev–Trinajstić information content (AvgIpc) is 3.10. The molecule has 14 heteroatoms. The molecule has 0 spiro atoms. The van der Waals surface area contributed by atoms with Crippen LogP contribution < -0.4 is 10.6 Å². The summed E-state index contributed by atoms with van der Waals surface area (Å²) in [5.41, 5.74) is 2.78. The normalized spacial score (nSPS) is 21.0. The van der Waals surface area contributed by atoms with Crippen LogP contribution in [0, 0.1) is 11.5 Å². The summed E-state index contributed by atoms with van der Waals surface area (Å²) >= 11 is 6.85. The van der Waals surface area contributed by atoms with Crippen molar-refractivity contribution in [2.45, 2.75) is 56.8 Å². The van der Waals surface area contributed by atoms with Crippen molar-refractivity contribution in [3.8, 4) is 11.9 Å². The minimum absolute atomic E-state index is 0.0451. The lowest BCUT2D eigenvalue weighted by Crippen LogP contribution is -2.54. The molecule has 0 unspecified atom stereocenters. The molecular weight excluding hydrogens is 742 g/mol. The van der Waals surface area contributed by atoms with Gasteiger partial charge in [0, 0.05) is 83.1 Å². The van der Waals surface area contributed by atoms with E-state index in [0.29, 0.717) is 72.9 Å². The first kappa shape index (κ1) is 34.5. The fourth-order valence-electron chi connectivity index (χ4n) is 7.29. The molecule has 3 fully saturated rings. The Kier molecular flexibility index (Phi) is 11.1. The number of para-hydroxylation sites is 1. The predicted octanol–water partition coefficient (Wildman–Crippen LogP) is 4.01. The van der Waals surface area contributed by atoms with Gasteiger partial charge in [0.15, 0.2) is 6.19 Å². The lowest BCUT2D eigenvalue weighted by molar-refractivity contribution is -0.134. The highest BCUT2D eigenvalue weighted by atomic mass is 79.9. The molecule has 1 atom stereocenters. The Morgan fingerprint density at radius 2 is 1.62 bits per heavy atom. The first-order chi connectivity index (χ1) is 23.2. The maximum atomic E-state index is 14.2. The number of likely N-dealkylation sites (tertiary alicyclic amines) is 2. The van der Waals surface area contributed by atoms with Crippen LogP contribution in [0.1, 0.15) is 36.8 Å². The van der Waals surface area contributed by atoms with Gasteiger partial charge in [-0.05, 0) is 93.9 Å². The zero-order valence-electron chi connectivity index (χ0n) is 27.2. The molecule has 0 radical (unpaired) electrons. The van der Waals surface area contributed by atoms with Gasteiger partial charge in [0.2, 0.25) is 11.9 Å². The number of guanidine groups is 1. The summed E-state index contributed by atoms with van der Waals surface area (Å²) in [6.07, 6.45) is 5.60. The Labute approximate surface area is 299 Å². The number of hydrogen-bond donors (Lipinski definition) is 3. The Morgan fingerprint density at radius 1 is 1.00 bits per heavy atom. The van der Waals surface area contributed by atoms with Crippen molar-refractivity contribution in [3.05, 3.63) is 56.5 Å². The molecule has 3 saturated heterocycles. The van der Waals surface area contributed by atoms with E-state index in [2.05, 4.69) is 59.3 Å². The SMILES string of the molecule is CN1CCN(C2CCN(C(=O)[C@@H](Cc3cc(Br)c(O)c(Br)c3)N=C(NC#N)N3CCC(N4Cc5ccccc5NC4=O)CC3)CC2)CC1. The van der Waals surface area contributed by atoms with Gasteiger partial charge in [0.05, 0.1) is 8.95 Å². The number of carbonyl (C=O) groups is 2. The smallest absolute Gasteiger partial charge is 0.322 e. The van der Waals surface area contributed by atoms with E-state index in [-0.39, 0.29) is 23.7 Å². The number of piperazine rings is 1. The maximum absolute atomic E-state index is 14.2. The third-order valence-corrected chi connectivity index (χ3v) is 11.3. The lowest BCUT2D eigenvalue weighted by atomic mass is 9.99. The van der Waals surface area contributed by atoms with E-state index < -0.39 is 6.04 Å². The molecule has 4 aliphatic heterocycles. The molecule has 256 valence electrons. The number of piperidine rings is 2. The second-order valence-corrected chi connectivity index (χ2v) is 14.9. The van der Waals surface area contributed by atoms with Gasteiger partial charge in [-0.1, -0.05) is 18.2 Å².